The third-order valence-electron chi connectivity index (χ3n) is 4.61. The van der Waals surface area contributed by atoms with Crippen LogP contribution in [0, 0.1) is 0 Å². The Morgan fingerprint density at radius 2 is 1.82 bits per heavy atom. The fourth-order valence-corrected chi connectivity index (χ4v) is 3.79. The zero-order chi connectivity index (χ0) is 15.3. The van der Waals surface area contributed by atoms with Crippen LogP contribution in [-0.2, 0) is 22.9 Å². The number of rotatable bonds is 3. The summed E-state index contributed by atoms with van der Waals surface area (Å²) >= 11 is 0. The molecule has 1 fully saturated rings. The van der Waals surface area contributed by atoms with E-state index in [0.717, 1.165) is 42.2 Å². The number of oxazole rings is 1. The van der Waals surface area contributed by atoms with Crippen LogP contribution in [0.4, 0.5) is 0 Å². The van der Waals surface area contributed by atoms with Gasteiger partial charge in [0.15, 0.2) is 5.89 Å². The third-order valence-corrected chi connectivity index (χ3v) is 5.54. The lowest BCUT2D eigenvalue weighted by molar-refractivity contribution is 0.438. The van der Waals surface area contributed by atoms with Crippen LogP contribution in [0.15, 0.2) is 33.6 Å². The summed E-state index contributed by atoms with van der Waals surface area (Å²) in [6, 6.07) is 6.82. The molecule has 2 atom stereocenters. The fraction of sp³-hybridized carbons (Fsp3) is 0.438. The van der Waals surface area contributed by atoms with Gasteiger partial charge in [0.2, 0.25) is 10.0 Å². The van der Waals surface area contributed by atoms with Crippen molar-refractivity contribution < 1.29 is 12.8 Å². The number of fused-ring (bicyclic) bond motifs is 1. The van der Waals surface area contributed by atoms with Gasteiger partial charge in [0.1, 0.15) is 5.76 Å². The van der Waals surface area contributed by atoms with Crippen LogP contribution < -0.4 is 5.14 Å². The van der Waals surface area contributed by atoms with E-state index in [4.69, 9.17) is 9.56 Å². The van der Waals surface area contributed by atoms with Crippen LogP contribution >= 0.6 is 0 Å². The molecule has 2 aliphatic carbocycles. The molecule has 1 aromatic carbocycles. The van der Waals surface area contributed by atoms with Crippen molar-refractivity contribution in [3.05, 3.63) is 47.2 Å². The van der Waals surface area contributed by atoms with Gasteiger partial charge in [0.05, 0.1) is 10.6 Å². The molecular formula is C16H18N2O3S. The first-order valence-corrected chi connectivity index (χ1v) is 9.18. The topological polar surface area (TPSA) is 86.2 Å². The molecule has 0 amide bonds. The second kappa shape index (κ2) is 4.93. The standard InChI is InChI=1S/C16H18N2O3S/c17-22(19,20)11-7-5-10(6-8-11)12-9-13(12)16-18-14-3-1-2-4-15(14)21-16/h5-8,12-13H,1-4,9H2,(H2,17,19,20)/t12-,13+/m0/s1. The van der Waals surface area contributed by atoms with Gasteiger partial charge in [-0.05, 0) is 49.3 Å². The lowest BCUT2D eigenvalue weighted by Gasteiger charge is -2.05. The average Bonchev–Trinajstić information content (AvgIpc) is 3.18. The number of aromatic nitrogens is 1. The monoisotopic (exact) mass is 318 g/mol. The smallest absolute Gasteiger partial charge is 0.238 e. The molecule has 0 aliphatic heterocycles. The lowest BCUT2D eigenvalue weighted by Crippen LogP contribution is -2.11. The summed E-state index contributed by atoms with van der Waals surface area (Å²) in [6.45, 7) is 0. The first-order valence-electron chi connectivity index (χ1n) is 7.63. The zero-order valence-corrected chi connectivity index (χ0v) is 13.0. The van der Waals surface area contributed by atoms with E-state index in [-0.39, 0.29) is 4.90 Å². The van der Waals surface area contributed by atoms with Crippen molar-refractivity contribution in [1.29, 1.82) is 0 Å². The number of nitrogens with two attached hydrogens (primary N) is 1. The van der Waals surface area contributed by atoms with Crippen LogP contribution in [0.5, 0.6) is 0 Å². The number of hydrogen-bond donors (Lipinski definition) is 1. The maximum absolute atomic E-state index is 11.3. The molecule has 0 radical (unpaired) electrons. The Morgan fingerprint density at radius 1 is 1.09 bits per heavy atom. The van der Waals surface area contributed by atoms with Gasteiger partial charge >= 0.3 is 0 Å². The molecule has 0 spiro atoms. The Balaban J connectivity index is 1.53. The van der Waals surface area contributed by atoms with Gasteiger partial charge in [-0.2, -0.15) is 0 Å². The fourth-order valence-electron chi connectivity index (χ4n) is 3.27. The predicted molar refractivity (Wildman–Crippen MR) is 81.1 cm³/mol. The van der Waals surface area contributed by atoms with Crippen LogP contribution in [0.1, 0.15) is 54.0 Å². The second-order valence-corrected chi connectivity index (χ2v) is 7.75. The van der Waals surface area contributed by atoms with Crippen molar-refractivity contribution in [3.63, 3.8) is 0 Å². The summed E-state index contributed by atoms with van der Waals surface area (Å²) in [6.07, 6.45) is 5.42. The van der Waals surface area contributed by atoms with Crippen LogP contribution in [0.2, 0.25) is 0 Å². The molecule has 0 bridgehead atoms. The first-order chi connectivity index (χ1) is 10.5. The van der Waals surface area contributed by atoms with E-state index in [0.29, 0.717) is 11.8 Å². The molecule has 116 valence electrons. The molecule has 0 unspecified atom stereocenters. The van der Waals surface area contributed by atoms with Gasteiger partial charge in [0.25, 0.3) is 0 Å². The molecular weight excluding hydrogens is 300 g/mol. The lowest BCUT2D eigenvalue weighted by atomic mass is 10.0. The molecule has 1 heterocycles. The average molecular weight is 318 g/mol. The molecule has 6 heteroatoms. The maximum atomic E-state index is 11.3. The highest BCUT2D eigenvalue weighted by atomic mass is 32.2. The van der Waals surface area contributed by atoms with Crippen molar-refractivity contribution in [1.82, 2.24) is 4.98 Å². The van der Waals surface area contributed by atoms with Gasteiger partial charge in [-0.1, -0.05) is 12.1 Å². The number of primary sulfonamides is 1. The van der Waals surface area contributed by atoms with Crippen LogP contribution in [0.25, 0.3) is 0 Å². The number of hydrogen-bond acceptors (Lipinski definition) is 4. The highest BCUT2D eigenvalue weighted by Crippen LogP contribution is 2.54. The van der Waals surface area contributed by atoms with Crippen molar-refractivity contribution in [2.45, 2.75) is 48.8 Å². The van der Waals surface area contributed by atoms with Gasteiger partial charge in [0, 0.05) is 12.3 Å². The summed E-state index contributed by atoms with van der Waals surface area (Å²) in [5.41, 5.74) is 2.25. The second-order valence-electron chi connectivity index (χ2n) is 6.19. The third kappa shape index (κ3) is 2.46. The minimum Gasteiger partial charge on any atom is -0.445 e. The van der Waals surface area contributed by atoms with E-state index in [1.165, 1.54) is 12.8 Å². The Hall–Kier alpha value is -1.66. The van der Waals surface area contributed by atoms with Gasteiger partial charge < -0.3 is 4.42 Å². The van der Waals surface area contributed by atoms with Crippen molar-refractivity contribution >= 4 is 10.0 Å². The van der Waals surface area contributed by atoms with Gasteiger partial charge in [-0.3, -0.25) is 0 Å². The molecule has 2 N–H and O–H groups in total. The summed E-state index contributed by atoms with van der Waals surface area (Å²) in [7, 11) is -3.62. The van der Waals surface area contributed by atoms with Crippen molar-refractivity contribution in [2.75, 3.05) is 0 Å². The summed E-state index contributed by atoms with van der Waals surface area (Å²) in [4.78, 5) is 4.82. The van der Waals surface area contributed by atoms with Crippen molar-refractivity contribution in [3.8, 4) is 0 Å². The summed E-state index contributed by atoms with van der Waals surface area (Å²) < 4.78 is 28.5. The first kappa shape index (κ1) is 14.0. The Labute approximate surface area is 129 Å². The van der Waals surface area contributed by atoms with E-state index in [2.05, 4.69) is 4.98 Å². The van der Waals surface area contributed by atoms with Gasteiger partial charge in [-0.15, -0.1) is 0 Å². The summed E-state index contributed by atoms with van der Waals surface area (Å²) in [5, 5.41) is 5.12. The molecule has 22 heavy (non-hydrogen) atoms. The SMILES string of the molecule is NS(=O)(=O)c1ccc([C@@H]2C[C@H]2c2nc3c(o2)CCCC3)cc1. The number of sulfonamides is 1. The minimum absolute atomic E-state index is 0.153. The molecule has 5 nitrogen and oxygen atoms in total. The number of benzene rings is 1. The molecule has 1 aromatic heterocycles. The van der Waals surface area contributed by atoms with Gasteiger partial charge in [-0.25, -0.2) is 18.5 Å². The van der Waals surface area contributed by atoms with E-state index in [1.807, 2.05) is 12.1 Å². The quantitative estimate of drug-likeness (QED) is 0.942. The highest BCUT2D eigenvalue weighted by Gasteiger charge is 2.43. The highest BCUT2D eigenvalue weighted by molar-refractivity contribution is 7.89. The van der Waals surface area contributed by atoms with E-state index >= 15 is 0 Å². The molecule has 2 aliphatic rings. The van der Waals surface area contributed by atoms with E-state index in [1.54, 1.807) is 12.1 Å². The number of aryl methyl sites for hydroxylation is 2. The maximum Gasteiger partial charge on any atom is 0.238 e. The predicted octanol–water partition coefficient (Wildman–Crippen LogP) is 2.47. The van der Waals surface area contributed by atoms with Crippen molar-refractivity contribution in [2.24, 2.45) is 5.14 Å². The zero-order valence-electron chi connectivity index (χ0n) is 12.2. The van der Waals surface area contributed by atoms with Crippen LogP contribution in [-0.4, -0.2) is 13.4 Å². The Kier molecular flexibility index (Phi) is 3.13. The summed E-state index contributed by atoms with van der Waals surface area (Å²) in [5.74, 6) is 2.62. The molecule has 4 rings (SSSR count). The Bertz CT molecular complexity index is 785. The van der Waals surface area contributed by atoms with Crippen LogP contribution in [0.3, 0.4) is 0 Å². The normalized spacial score (nSPS) is 24.0. The number of nitrogens with zero attached hydrogens (tertiary/aromatic N) is 1. The minimum atomic E-state index is -3.62. The molecule has 2 aromatic rings. The molecule has 1 saturated carbocycles. The van der Waals surface area contributed by atoms with E-state index in [9.17, 15) is 8.42 Å². The largest absolute Gasteiger partial charge is 0.445 e. The molecule has 0 saturated heterocycles. The van der Waals surface area contributed by atoms with E-state index < -0.39 is 10.0 Å². The Morgan fingerprint density at radius 3 is 2.50 bits per heavy atom.